The molecule has 0 radical (unpaired) electrons. The first-order valence-corrected chi connectivity index (χ1v) is 6.57. The number of nitrogens with two attached hydrogens (primary N) is 1. The van der Waals surface area contributed by atoms with E-state index < -0.39 is 0 Å². The standard InChI is InChI=1S/C13H21BrN2/c1-13(2)7-5-11(6-8-13)10-16-12(14)4-3-9-15/h3-5H,6-10,15H2,1-2H3/b4-3-,16-12+. The third kappa shape index (κ3) is 5.08. The average molecular weight is 285 g/mol. The molecule has 0 aromatic carbocycles. The van der Waals surface area contributed by atoms with Crippen molar-refractivity contribution in [3.05, 3.63) is 23.8 Å². The van der Waals surface area contributed by atoms with Crippen LogP contribution < -0.4 is 5.73 Å². The van der Waals surface area contributed by atoms with Crippen LogP contribution in [-0.2, 0) is 0 Å². The number of allylic oxidation sites excluding steroid dienone is 2. The minimum atomic E-state index is 0.476. The molecule has 16 heavy (non-hydrogen) atoms. The van der Waals surface area contributed by atoms with Crippen molar-refractivity contribution in [1.82, 2.24) is 0 Å². The Morgan fingerprint density at radius 2 is 2.38 bits per heavy atom. The van der Waals surface area contributed by atoms with E-state index in [0.29, 0.717) is 12.0 Å². The van der Waals surface area contributed by atoms with Crippen LogP contribution in [0.3, 0.4) is 0 Å². The van der Waals surface area contributed by atoms with E-state index in [1.54, 1.807) is 0 Å². The second-order valence-electron chi connectivity index (χ2n) is 5.01. The van der Waals surface area contributed by atoms with Crippen LogP contribution in [-0.4, -0.2) is 17.7 Å². The summed E-state index contributed by atoms with van der Waals surface area (Å²) < 4.78 is 0.878. The molecule has 0 saturated carbocycles. The summed E-state index contributed by atoms with van der Waals surface area (Å²) in [5.41, 5.74) is 7.30. The monoisotopic (exact) mass is 284 g/mol. The number of aliphatic imine (C=N–C) groups is 1. The van der Waals surface area contributed by atoms with Gasteiger partial charge in [0.2, 0.25) is 0 Å². The van der Waals surface area contributed by atoms with E-state index in [1.165, 1.54) is 24.8 Å². The Balaban J connectivity index is 2.45. The van der Waals surface area contributed by atoms with Crippen LogP contribution in [0.15, 0.2) is 28.8 Å². The normalized spacial score (nSPS) is 21.2. The van der Waals surface area contributed by atoms with E-state index >= 15 is 0 Å². The Labute approximate surface area is 107 Å². The third-order valence-electron chi connectivity index (χ3n) is 2.89. The molecule has 0 heterocycles. The largest absolute Gasteiger partial charge is 0.327 e. The maximum Gasteiger partial charge on any atom is 0.100 e. The van der Waals surface area contributed by atoms with Crippen molar-refractivity contribution in [2.75, 3.05) is 13.1 Å². The molecule has 2 nitrogen and oxygen atoms in total. The van der Waals surface area contributed by atoms with Crippen molar-refractivity contribution >= 4 is 20.6 Å². The van der Waals surface area contributed by atoms with E-state index in [9.17, 15) is 0 Å². The quantitative estimate of drug-likeness (QED) is 0.623. The highest BCUT2D eigenvalue weighted by atomic mass is 79.9. The Morgan fingerprint density at radius 3 is 2.94 bits per heavy atom. The Hall–Kier alpha value is -0.410. The van der Waals surface area contributed by atoms with E-state index in [1.807, 2.05) is 12.2 Å². The lowest BCUT2D eigenvalue weighted by molar-refractivity contribution is 0.324. The fourth-order valence-electron chi connectivity index (χ4n) is 1.66. The zero-order valence-electron chi connectivity index (χ0n) is 10.2. The minimum Gasteiger partial charge on any atom is -0.327 e. The summed E-state index contributed by atoms with van der Waals surface area (Å²) in [7, 11) is 0. The molecule has 0 unspecified atom stereocenters. The molecule has 0 amide bonds. The number of hydrogen-bond acceptors (Lipinski definition) is 2. The molecule has 1 aliphatic rings. The molecule has 0 fully saturated rings. The summed E-state index contributed by atoms with van der Waals surface area (Å²) in [6, 6.07) is 0. The lowest BCUT2D eigenvalue weighted by Crippen LogP contribution is -2.15. The first-order valence-electron chi connectivity index (χ1n) is 5.78. The lowest BCUT2D eigenvalue weighted by Gasteiger charge is -2.28. The number of hydrogen-bond donors (Lipinski definition) is 1. The Bertz CT molecular complexity index is 314. The van der Waals surface area contributed by atoms with Gasteiger partial charge in [-0.25, -0.2) is 0 Å². The topological polar surface area (TPSA) is 38.4 Å². The maximum atomic E-state index is 5.37. The Kier molecular flexibility index (Phi) is 5.42. The highest BCUT2D eigenvalue weighted by molar-refractivity contribution is 9.18. The average Bonchev–Trinajstić information content (AvgIpc) is 2.25. The summed E-state index contributed by atoms with van der Waals surface area (Å²) >= 11 is 3.41. The molecule has 0 aliphatic heterocycles. The highest BCUT2D eigenvalue weighted by Crippen LogP contribution is 2.34. The fraction of sp³-hybridized carbons (Fsp3) is 0.615. The fourth-order valence-corrected chi connectivity index (χ4v) is 1.97. The second-order valence-corrected chi connectivity index (χ2v) is 5.82. The summed E-state index contributed by atoms with van der Waals surface area (Å²) in [6.07, 6.45) is 9.77. The first kappa shape index (κ1) is 13.7. The molecule has 0 aromatic heterocycles. The van der Waals surface area contributed by atoms with Crippen LogP contribution in [0.1, 0.15) is 33.1 Å². The minimum absolute atomic E-state index is 0.476. The maximum absolute atomic E-state index is 5.37. The smallest absolute Gasteiger partial charge is 0.100 e. The molecular formula is C13H21BrN2. The molecular weight excluding hydrogens is 264 g/mol. The predicted octanol–water partition coefficient (Wildman–Crippen LogP) is 3.43. The molecule has 0 spiro atoms. The van der Waals surface area contributed by atoms with Gasteiger partial charge < -0.3 is 5.73 Å². The zero-order chi connectivity index (χ0) is 12.0. The summed E-state index contributed by atoms with van der Waals surface area (Å²) in [5, 5.41) is 0. The molecule has 1 aliphatic carbocycles. The van der Waals surface area contributed by atoms with Crippen molar-refractivity contribution in [2.45, 2.75) is 33.1 Å². The summed E-state index contributed by atoms with van der Waals surface area (Å²) in [5.74, 6) is 0. The van der Waals surface area contributed by atoms with Crippen LogP contribution in [0.2, 0.25) is 0 Å². The third-order valence-corrected chi connectivity index (χ3v) is 3.41. The van der Waals surface area contributed by atoms with Crippen molar-refractivity contribution in [2.24, 2.45) is 16.1 Å². The van der Waals surface area contributed by atoms with Gasteiger partial charge in [-0.2, -0.15) is 0 Å². The number of nitrogens with zero attached hydrogens (tertiary/aromatic N) is 1. The molecule has 0 atom stereocenters. The summed E-state index contributed by atoms with van der Waals surface area (Å²) in [4.78, 5) is 4.46. The predicted molar refractivity (Wildman–Crippen MR) is 75.1 cm³/mol. The SMILES string of the molecule is CC1(C)CC=C(C/N=C(Br)\C=C/CN)CC1. The van der Waals surface area contributed by atoms with Crippen molar-refractivity contribution < 1.29 is 0 Å². The van der Waals surface area contributed by atoms with E-state index in [2.05, 4.69) is 40.8 Å². The van der Waals surface area contributed by atoms with Crippen LogP contribution in [0.25, 0.3) is 0 Å². The van der Waals surface area contributed by atoms with E-state index in [0.717, 1.165) is 11.2 Å². The van der Waals surface area contributed by atoms with Crippen molar-refractivity contribution in [3.63, 3.8) is 0 Å². The van der Waals surface area contributed by atoms with Crippen molar-refractivity contribution in [3.8, 4) is 0 Å². The second kappa shape index (κ2) is 6.36. The lowest BCUT2D eigenvalue weighted by atomic mass is 9.78. The van der Waals surface area contributed by atoms with Gasteiger partial charge in [-0.05, 0) is 46.7 Å². The highest BCUT2D eigenvalue weighted by Gasteiger charge is 2.20. The van der Waals surface area contributed by atoms with Gasteiger partial charge in [-0.1, -0.05) is 31.6 Å². The Morgan fingerprint density at radius 1 is 1.62 bits per heavy atom. The van der Waals surface area contributed by atoms with Gasteiger partial charge in [-0.15, -0.1) is 0 Å². The molecule has 2 N–H and O–H groups in total. The van der Waals surface area contributed by atoms with Gasteiger partial charge in [0, 0.05) is 6.54 Å². The van der Waals surface area contributed by atoms with Gasteiger partial charge in [0.15, 0.2) is 0 Å². The van der Waals surface area contributed by atoms with Crippen LogP contribution >= 0.6 is 15.9 Å². The molecule has 0 saturated heterocycles. The number of rotatable bonds is 4. The van der Waals surface area contributed by atoms with Crippen LogP contribution in [0, 0.1) is 5.41 Å². The number of halogens is 1. The van der Waals surface area contributed by atoms with Crippen molar-refractivity contribution in [1.29, 1.82) is 0 Å². The van der Waals surface area contributed by atoms with Gasteiger partial charge in [0.25, 0.3) is 0 Å². The molecule has 3 heteroatoms. The molecule has 1 rings (SSSR count). The van der Waals surface area contributed by atoms with Gasteiger partial charge in [0.05, 0.1) is 6.54 Å². The molecule has 90 valence electrons. The van der Waals surface area contributed by atoms with E-state index in [-0.39, 0.29) is 0 Å². The van der Waals surface area contributed by atoms with Crippen LogP contribution in [0.5, 0.6) is 0 Å². The van der Waals surface area contributed by atoms with E-state index in [4.69, 9.17) is 5.73 Å². The zero-order valence-corrected chi connectivity index (χ0v) is 11.8. The summed E-state index contributed by atoms with van der Waals surface area (Å²) in [6.45, 7) is 6.01. The van der Waals surface area contributed by atoms with Gasteiger partial charge >= 0.3 is 0 Å². The molecule has 0 aromatic rings. The van der Waals surface area contributed by atoms with Crippen LogP contribution in [0.4, 0.5) is 0 Å². The van der Waals surface area contributed by atoms with Gasteiger partial charge in [-0.3, -0.25) is 4.99 Å². The molecule has 0 bridgehead atoms. The van der Waals surface area contributed by atoms with Gasteiger partial charge in [0.1, 0.15) is 4.62 Å². The first-order chi connectivity index (χ1) is 7.53.